The number of fused-ring (bicyclic) bond motifs is 1. The molecule has 7 heteroatoms. The van der Waals surface area contributed by atoms with Crippen molar-refractivity contribution in [2.45, 2.75) is 18.9 Å². The highest BCUT2D eigenvalue weighted by molar-refractivity contribution is 5.64. The molecule has 0 amide bonds. The van der Waals surface area contributed by atoms with Gasteiger partial charge in [0.1, 0.15) is 0 Å². The molecule has 7 nitrogen and oxygen atoms in total. The summed E-state index contributed by atoms with van der Waals surface area (Å²) in [5, 5.41) is 16.7. The maximum absolute atomic E-state index is 5.38. The third kappa shape index (κ3) is 2.46. The molecule has 1 fully saturated rings. The highest BCUT2D eigenvalue weighted by Crippen LogP contribution is 2.31. The lowest BCUT2D eigenvalue weighted by Crippen LogP contribution is -2.16. The Kier molecular flexibility index (Phi) is 3.78. The highest BCUT2D eigenvalue weighted by atomic mass is 16.5. The summed E-state index contributed by atoms with van der Waals surface area (Å²) in [6.07, 6.45) is 2.21. The lowest BCUT2D eigenvalue weighted by molar-refractivity contribution is 0.355. The fourth-order valence-corrected chi connectivity index (χ4v) is 3.08. The molecule has 0 saturated carbocycles. The van der Waals surface area contributed by atoms with E-state index in [1.54, 1.807) is 14.2 Å². The molecule has 0 unspecified atom stereocenters. The molecule has 124 valence electrons. The van der Waals surface area contributed by atoms with E-state index < -0.39 is 0 Å². The maximum atomic E-state index is 5.38. The van der Waals surface area contributed by atoms with Crippen molar-refractivity contribution < 1.29 is 9.47 Å². The van der Waals surface area contributed by atoms with Crippen molar-refractivity contribution in [2.75, 3.05) is 20.8 Å². The largest absolute Gasteiger partial charge is 0.493 e. The summed E-state index contributed by atoms with van der Waals surface area (Å²) < 4.78 is 12.5. The number of nitrogens with one attached hydrogen (secondary N) is 1. The Morgan fingerprint density at radius 3 is 2.71 bits per heavy atom. The van der Waals surface area contributed by atoms with Crippen LogP contribution in [0.2, 0.25) is 0 Å². The van der Waals surface area contributed by atoms with Crippen LogP contribution in [-0.4, -0.2) is 40.6 Å². The van der Waals surface area contributed by atoms with Gasteiger partial charge in [0.15, 0.2) is 23.0 Å². The average molecular weight is 325 g/mol. The first kappa shape index (κ1) is 14.9. The van der Waals surface area contributed by atoms with Gasteiger partial charge in [-0.05, 0) is 49.7 Å². The number of hydrogen-bond donors (Lipinski definition) is 1. The van der Waals surface area contributed by atoms with Gasteiger partial charge in [0.25, 0.3) is 0 Å². The minimum atomic E-state index is 0.216. The van der Waals surface area contributed by atoms with Crippen molar-refractivity contribution in [2.24, 2.45) is 0 Å². The van der Waals surface area contributed by atoms with E-state index in [4.69, 9.17) is 14.6 Å². The van der Waals surface area contributed by atoms with Crippen LogP contribution in [0.5, 0.6) is 11.5 Å². The van der Waals surface area contributed by atoms with Crippen molar-refractivity contribution >= 4 is 5.65 Å². The number of benzene rings is 1. The predicted molar refractivity (Wildman–Crippen MR) is 89.3 cm³/mol. The topological polar surface area (TPSA) is 73.6 Å². The van der Waals surface area contributed by atoms with Gasteiger partial charge in [-0.3, -0.25) is 0 Å². The molecule has 3 heterocycles. The quantitative estimate of drug-likeness (QED) is 0.793. The fraction of sp³-hybridized carbons (Fsp3) is 0.353. The Labute approximate surface area is 139 Å². The Balaban J connectivity index is 1.78. The van der Waals surface area contributed by atoms with Gasteiger partial charge in [-0.1, -0.05) is 0 Å². The molecule has 0 bridgehead atoms. The van der Waals surface area contributed by atoms with Gasteiger partial charge < -0.3 is 14.8 Å². The second-order valence-electron chi connectivity index (χ2n) is 5.77. The second-order valence-corrected chi connectivity index (χ2v) is 5.77. The third-order valence-electron chi connectivity index (χ3n) is 4.34. The van der Waals surface area contributed by atoms with E-state index >= 15 is 0 Å². The number of nitrogens with zero attached hydrogens (tertiary/aromatic N) is 4. The van der Waals surface area contributed by atoms with E-state index in [9.17, 15) is 0 Å². The Bertz CT molecular complexity index is 871. The van der Waals surface area contributed by atoms with Gasteiger partial charge in [-0.2, -0.15) is 9.61 Å². The molecule has 0 radical (unpaired) electrons. The minimum absolute atomic E-state index is 0.216. The Morgan fingerprint density at radius 1 is 1.08 bits per heavy atom. The lowest BCUT2D eigenvalue weighted by Gasteiger charge is -2.10. The summed E-state index contributed by atoms with van der Waals surface area (Å²) in [5.74, 6) is 2.24. The molecule has 1 atom stereocenters. The molecule has 1 saturated heterocycles. The molecule has 4 rings (SSSR count). The predicted octanol–water partition coefficient (Wildman–Crippen LogP) is 2.23. The molecular formula is C17H19N5O2. The van der Waals surface area contributed by atoms with Crippen LogP contribution in [0, 0.1) is 0 Å². The summed E-state index contributed by atoms with van der Waals surface area (Å²) in [6, 6.07) is 9.86. The number of hydrogen-bond acceptors (Lipinski definition) is 6. The SMILES string of the molecule is COc1ccc(-c2ccc3nnc([C@@H]4CCCN4)n3n2)cc1OC. The van der Waals surface area contributed by atoms with Gasteiger partial charge in [-0.25, -0.2) is 0 Å². The molecular weight excluding hydrogens is 306 g/mol. The number of ether oxygens (including phenoxy) is 2. The summed E-state index contributed by atoms with van der Waals surface area (Å²) in [4.78, 5) is 0. The molecule has 24 heavy (non-hydrogen) atoms. The molecule has 3 aromatic rings. The summed E-state index contributed by atoms with van der Waals surface area (Å²) in [6.45, 7) is 1.01. The zero-order valence-electron chi connectivity index (χ0n) is 13.7. The smallest absolute Gasteiger partial charge is 0.178 e. The first-order valence-electron chi connectivity index (χ1n) is 7.98. The average Bonchev–Trinajstić information content (AvgIpc) is 3.29. The normalized spacial score (nSPS) is 17.3. The molecule has 1 N–H and O–H groups in total. The van der Waals surface area contributed by atoms with Crippen LogP contribution in [0.4, 0.5) is 0 Å². The summed E-state index contributed by atoms with van der Waals surface area (Å²) in [5.41, 5.74) is 2.54. The lowest BCUT2D eigenvalue weighted by atomic mass is 10.1. The number of rotatable bonds is 4. The van der Waals surface area contributed by atoms with Crippen LogP contribution in [-0.2, 0) is 0 Å². The van der Waals surface area contributed by atoms with Gasteiger partial charge in [-0.15, -0.1) is 10.2 Å². The van der Waals surface area contributed by atoms with Gasteiger partial charge in [0.05, 0.1) is 26.0 Å². The summed E-state index contributed by atoms with van der Waals surface area (Å²) in [7, 11) is 3.25. The van der Waals surface area contributed by atoms with E-state index in [2.05, 4.69) is 15.5 Å². The van der Waals surface area contributed by atoms with Crippen molar-refractivity contribution in [3.8, 4) is 22.8 Å². The van der Waals surface area contributed by atoms with Crippen LogP contribution in [0.15, 0.2) is 30.3 Å². The summed E-state index contributed by atoms with van der Waals surface area (Å²) >= 11 is 0. The Hall–Kier alpha value is -2.67. The van der Waals surface area contributed by atoms with Gasteiger partial charge in [0.2, 0.25) is 0 Å². The van der Waals surface area contributed by atoms with Crippen LogP contribution < -0.4 is 14.8 Å². The molecule has 0 spiro atoms. The first-order valence-corrected chi connectivity index (χ1v) is 7.98. The molecule has 1 aliphatic rings. The number of aromatic nitrogens is 4. The first-order chi connectivity index (χ1) is 11.8. The number of methoxy groups -OCH3 is 2. The zero-order valence-corrected chi connectivity index (χ0v) is 13.7. The van der Waals surface area contributed by atoms with E-state index in [0.29, 0.717) is 11.5 Å². The van der Waals surface area contributed by atoms with Crippen molar-refractivity contribution in [3.63, 3.8) is 0 Å². The van der Waals surface area contributed by atoms with Crippen molar-refractivity contribution in [1.82, 2.24) is 25.1 Å². The fourth-order valence-electron chi connectivity index (χ4n) is 3.08. The molecule has 1 aliphatic heterocycles. The van der Waals surface area contributed by atoms with E-state index in [1.165, 1.54) is 0 Å². The van der Waals surface area contributed by atoms with Crippen LogP contribution in [0.3, 0.4) is 0 Å². The van der Waals surface area contributed by atoms with E-state index in [-0.39, 0.29) is 6.04 Å². The van der Waals surface area contributed by atoms with E-state index in [1.807, 2.05) is 34.8 Å². The van der Waals surface area contributed by atoms with Crippen LogP contribution >= 0.6 is 0 Å². The standard InChI is InChI=1S/C17H19N5O2/c1-23-14-7-5-11(10-15(14)24-2)12-6-8-16-19-20-17(22(16)21-12)13-4-3-9-18-13/h5-8,10,13,18H,3-4,9H2,1-2H3/t13-/m0/s1. The van der Waals surface area contributed by atoms with E-state index in [0.717, 1.165) is 42.1 Å². The van der Waals surface area contributed by atoms with Gasteiger partial charge >= 0.3 is 0 Å². The zero-order chi connectivity index (χ0) is 16.5. The molecule has 2 aromatic heterocycles. The molecule has 0 aliphatic carbocycles. The minimum Gasteiger partial charge on any atom is -0.493 e. The Morgan fingerprint density at radius 2 is 1.96 bits per heavy atom. The van der Waals surface area contributed by atoms with Crippen molar-refractivity contribution in [1.29, 1.82) is 0 Å². The highest BCUT2D eigenvalue weighted by Gasteiger charge is 2.22. The van der Waals surface area contributed by atoms with Gasteiger partial charge in [0, 0.05) is 5.56 Å². The van der Waals surface area contributed by atoms with Crippen LogP contribution in [0.1, 0.15) is 24.7 Å². The molecule has 1 aromatic carbocycles. The maximum Gasteiger partial charge on any atom is 0.178 e. The third-order valence-corrected chi connectivity index (χ3v) is 4.34. The van der Waals surface area contributed by atoms with Crippen molar-refractivity contribution in [3.05, 3.63) is 36.2 Å². The monoisotopic (exact) mass is 325 g/mol. The second kappa shape index (κ2) is 6.09. The van der Waals surface area contributed by atoms with Crippen LogP contribution in [0.25, 0.3) is 16.9 Å².